The summed E-state index contributed by atoms with van der Waals surface area (Å²) in [7, 11) is 0. The number of pyridine rings is 1. The summed E-state index contributed by atoms with van der Waals surface area (Å²) in [6.45, 7) is 3.59. The van der Waals surface area contributed by atoms with Gasteiger partial charge in [-0.05, 0) is 78.8 Å². The van der Waals surface area contributed by atoms with E-state index < -0.39 is 5.91 Å². The van der Waals surface area contributed by atoms with Crippen molar-refractivity contribution >= 4 is 5.91 Å². The fourth-order valence-corrected chi connectivity index (χ4v) is 4.99. The molecule has 5 rings (SSSR count). The fourth-order valence-electron chi connectivity index (χ4n) is 4.99. The Morgan fingerprint density at radius 2 is 2.03 bits per heavy atom. The molecule has 0 bridgehead atoms. The summed E-state index contributed by atoms with van der Waals surface area (Å²) in [6.07, 6.45) is 6.22. The van der Waals surface area contributed by atoms with Crippen LogP contribution in [0.25, 0.3) is 11.1 Å². The number of aromatic nitrogens is 1. The molecule has 2 atom stereocenters. The highest BCUT2D eigenvalue weighted by Gasteiger charge is 2.36. The normalized spacial score (nSPS) is 24.4. The van der Waals surface area contributed by atoms with E-state index in [1.54, 1.807) is 18.2 Å². The number of carbonyl (C=O) groups is 1. The van der Waals surface area contributed by atoms with Crippen LogP contribution in [0.2, 0.25) is 0 Å². The van der Waals surface area contributed by atoms with Gasteiger partial charge in [0.05, 0.1) is 11.8 Å². The third kappa shape index (κ3) is 4.12. The predicted octanol–water partition coefficient (Wildman–Crippen LogP) is 3.55. The maximum atomic E-state index is 13.4. The molecule has 0 spiro atoms. The molecular formula is C24H28FN3O2. The maximum Gasteiger partial charge on any atom is 0.267 e. The minimum absolute atomic E-state index is 0.273. The quantitative estimate of drug-likeness (QED) is 0.820. The molecule has 2 fully saturated rings. The zero-order valence-corrected chi connectivity index (χ0v) is 17.1. The zero-order valence-electron chi connectivity index (χ0n) is 17.1. The van der Waals surface area contributed by atoms with Crippen molar-refractivity contribution in [2.75, 3.05) is 19.7 Å². The average Bonchev–Trinajstić information content (AvgIpc) is 3.59. The van der Waals surface area contributed by atoms with Gasteiger partial charge in [-0.25, -0.2) is 9.37 Å². The van der Waals surface area contributed by atoms with E-state index >= 15 is 0 Å². The fraction of sp³-hybridized carbons (Fsp3) is 0.500. The van der Waals surface area contributed by atoms with Crippen LogP contribution in [-0.2, 0) is 17.7 Å². The lowest BCUT2D eigenvalue weighted by Crippen LogP contribution is -2.39. The highest BCUT2D eigenvalue weighted by molar-refractivity contribution is 5.92. The van der Waals surface area contributed by atoms with Gasteiger partial charge in [-0.15, -0.1) is 0 Å². The standard InChI is InChI=1S/C24H28FN3O2/c25-18-5-3-16(4-6-18)20-12-21(24(26)29)27-22-14-28(9-7-19(20)22)13-15-8-10-30-23(11-15)17-1-2-17/h3-6,12,15,17,23H,1-2,7-11,13-14H2,(H2,26,29)/t15-,23?/m1/s1. The first-order chi connectivity index (χ1) is 14.6. The Kier molecular flexibility index (Phi) is 5.29. The van der Waals surface area contributed by atoms with Gasteiger partial charge < -0.3 is 10.5 Å². The van der Waals surface area contributed by atoms with E-state index in [-0.39, 0.29) is 11.5 Å². The molecule has 3 aliphatic rings. The van der Waals surface area contributed by atoms with Crippen molar-refractivity contribution < 1.29 is 13.9 Å². The second-order valence-corrected chi connectivity index (χ2v) is 8.97. The van der Waals surface area contributed by atoms with Crippen molar-refractivity contribution in [3.8, 4) is 11.1 Å². The second kappa shape index (κ2) is 8.08. The van der Waals surface area contributed by atoms with E-state index in [9.17, 15) is 9.18 Å². The number of carbonyl (C=O) groups excluding carboxylic acids is 1. The summed E-state index contributed by atoms with van der Waals surface area (Å²) in [5.41, 5.74) is 9.73. The Hall–Kier alpha value is -2.31. The van der Waals surface area contributed by atoms with Crippen LogP contribution in [0, 0.1) is 17.7 Å². The molecule has 1 saturated heterocycles. The topological polar surface area (TPSA) is 68.5 Å². The first kappa shape index (κ1) is 19.6. The van der Waals surface area contributed by atoms with E-state index in [4.69, 9.17) is 10.5 Å². The Balaban J connectivity index is 1.37. The predicted molar refractivity (Wildman–Crippen MR) is 112 cm³/mol. The second-order valence-electron chi connectivity index (χ2n) is 8.97. The highest BCUT2D eigenvalue weighted by atomic mass is 19.1. The molecule has 158 valence electrons. The number of ether oxygens (including phenoxy) is 1. The van der Waals surface area contributed by atoms with E-state index in [1.165, 1.54) is 25.0 Å². The van der Waals surface area contributed by atoms with Crippen molar-refractivity contribution in [2.45, 2.75) is 44.8 Å². The lowest BCUT2D eigenvalue weighted by Gasteiger charge is -2.36. The summed E-state index contributed by atoms with van der Waals surface area (Å²) < 4.78 is 19.4. The van der Waals surface area contributed by atoms with Gasteiger partial charge in [-0.2, -0.15) is 0 Å². The molecule has 30 heavy (non-hydrogen) atoms. The van der Waals surface area contributed by atoms with Gasteiger partial charge in [0.15, 0.2) is 0 Å². The van der Waals surface area contributed by atoms with Crippen LogP contribution in [-0.4, -0.2) is 41.6 Å². The van der Waals surface area contributed by atoms with Crippen LogP contribution in [0.1, 0.15) is 47.4 Å². The third-order valence-electron chi connectivity index (χ3n) is 6.76. The molecule has 2 aliphatic heterocycles. The molecule has 0 radical (unpaired) electrons. The zero-order chi connectivity index (χ0) is 20.7. The van der Waals surface area contributed by atoms with Crippen molar-refractivity contribution in [2.24, 2.45) is 17.6 Å². The summed E-state index contributed by atoms with van der Waals surface area (Å²) in [4.78, 5) is 19.0. The summed E-state index contributed by atoms with van der Waals surface area (Å²) in [5, 5.41) is 0. The molecule has 1 aliphatic carbocycles. The number of primary amides is 1. The molecule has 1 aromatic carbocycles. The summed E-state index contributed by atoms with van der Waals surface area (Å²) >= 11 is 0. The molecule has 1 aromatic heterocycles. The molecule has 2 N–H and O–H groups in total. The van der Waals surface area contributed by atoms with Gasteiger partial charge in [-0.3, -0.25) is 9.69 Å². The van der Waals surface area contributed by atoms with Crippen LogP contribution < -0.4 is 5.73 Å². The van der Waals surface area contributed by atoms with Gasteiger partial charge in [0, 0.05) is 26.2 Å². The molecule has 2 aromatic rings. The number of halogens is 1. The smallest absolute Gasteiger partial charge is 0.267 e. The van der Waals surface area contributed by atoms with E-state index in [0.717, 1.165) is 73.8 Å². The number of nitrogens with zero attached hydrogens (tertiary/aromatic N) is 2. The van der Waals surface area contributed by atoms with Gasteiger partial charge in [0.25, 0.3) is 5.91 Å². The monoisotopic (exact) mass is 409 g/mol. The summed E-state index contributed by atoms with van der Waals surface area (Å²) in [5.74, 6) is 0.633. The average molecular weight is 410 g/mol. The lowest BCUT2D eigenvalue weighted by molar-refractivity contribution is -0.0286. The number of benzene rings is 1. The summed E-state index contributed by atoms with van der Waals surface area (Å²) in [6, 6.07) is 8.15. The van der Waals surface area contributed by atoms with Crippen LogP contribution in [0.5, 0.6) is 0 Å². The minimum atomic E-state index is -0.532. The lowest BCUT2D eigenvalue weighted by atomic mass is 9.90. The van der Waals surface area contributed by atoms with Crippen molar-refractivity contribution in [1.82, 2.24) is 9.88 Å². The first-order valence-corrected chi connectivity index (χ1v) is 11.0. The van der Waals surface area contributed by atoms with Crippen LogP contribution in [0.3, 0.4) is 0 Å². The number of hydrogen-bond acceptors (Lipinski definition) is 4. The Morgan fingerprint density at radius 1 is 1.23 bits per heavy atom. The number of fused-ring (bicyclic) bond motifs is 1. The van der Waals surface area contributed by atoms with Gasteiger partial charge >= 0.3 is 0 Å². The van der Waals surface area contributed by atoms with Crippen molar-refractivity contribution in [3.05, 3.63) is 53.1 Å². The van der Waals surface area contributed by atoms with Crippen LogP contribution in [0.15, 0.2) is 30.3 Å². The first-order valence-electron chi connectivity index (χ1n) is 11.0. The van der Waals surface area contributed by atoms with Crippen molar-refractivity contribution in [1.29, 1.82) is 0 Å². The van der Waals surface area contributed by atoms with E-state index in [2.05, 4.69) is 9.88 Å². The Morgan fingerprint density at radius 3 is 2.77 bits per heavy atom. The third-order valence-corrected chi connectivity index (χ3v) is 6.76. The Bertz CT molecular complexity index is 942. The molecule has 1 saturated carbocycles. The number of nitrogens with two attached hydrogens (primary N) is 1. The van der Waals surface area contributed by atoms with E-state index in [0.29, 0.717) is 12.0 Å². The molecule has 3 heterocycles. The van der Waals surface area contributed by atoms with Crippen LogP contribution >= 0.6 is 0 Å². The minimum Gasteiger partial charge on any atom is -0.378 e. The highest BCUT2D eigenvalue weighted by Crippen LogP contribution is 2.40. The number of rotatable bonds is 5. The largest absolute Gasteiger partial charge is 0.378 e. The molecular weight excluding hydrogens is 381 g/mol. The van der Waals surface area contributed by atoms with Gasteiger partial charge in [0.2, 0.25) is 0 Å². The molecule has 1 unspecified atom stereocenters. The Labute approximate surface area is 176 Å². The number of hydrogen-bond donors (Lipinski definition) is 1. The molecule has 6 heteroatoms. The maximum absolute atomic E-state index is 13.4. The van der Waals surface area contributed by atoms with Crippen molar-refractivity contribution in [3.63, 3.8) is 0 Å². The molecule has 1 amide bonds. The SMILES string of the molecule is NC(=O)c1cc(-c2ccc(F)cc2)c2c(n1)CN(C[C@@H]1CCOC(C3CC3)C1)CC2. The van der Waals surface area contributed by atoms with Crippen LogP contribution in [0.4, 0.5) is 4.39 Å². The number of amides is 1. The molecule has 5 nitrogen and oxygen atoms in total. The van der Waals surface area contributed by atoms with Gasteiger partial charge in [0.1, 0.15) is 11.5 Å². The van der Waals surface area contributed by atoms with E-state index in [1.807, 2.05) is 0 Å². The van der Waals surface area contributed by atoms with Gasteiger partial charge in [-0.1, -0.05) is 12.1 Å².